The highest BCUT2D eigenvalue weighted by molar-refractivity contribution is 7.07. The van der Waals surface area contributed by atoms with Crippen molar-refractivity contribution in [3.05, 3.63) is 22.4 Å². The zero-order chi connectivity index (χ0) is 12.4. The number of hydrogen-bond acceptors (Lipinski definition) is 3. The van der Waals surface area contributed by atoms with Gasteiger partial charge in [0.05, 0.1) is 0 Å². The van der Waals surface area contributed by atoms with Gasteiger partial charge >= 0.3 is 0 Å². The van der Waals surface area contributed by atoms with Crippen LogP contribution in [0.15, 0.2) is 16.8 Å². The molecular formula is C15H24N2S. The summed E-state index contributed by atoms with van der Waals surface area (Å²) >= 11 is 1.82. The molecule has 2 atom stereocenters. The van der Waals surface area contributed by atoms with E-state index in [0.717, 1.165) is 11.8 Å². The Kier molecular flexibility index (Phi) is 4.02. The van der Waals surface area contributed by atoms with Crippen LogP contribution in [0.1, 0.15) is 24.8 Å². The number of piperidine rings is 1. The van der Waals surface area contributed by atoms with Crippen LogP contribution in [-0.4, -0.2) is 37.6 Å². The van der Waals surface area contributed by atoms with E-state index in [1.807, 2.05) is 11.3 Å². The Morgan fingerprint density at radius 1 is 1.33 bits per heavy atom. The van der Waals surface area contributed by atoms with E-state index in [1.54, 1.807) is 0 Å². The van der Waals surface area contributed by atoms with Crippen molar-refractivity contribution in [2.24, 2.45) is 11.8 Å². The first-order valence-electron chi connectivity index (χ1n) is 7.22. The molecule has 1 aromatic rings. The molecule has 2 nitrogen and oxygen atoms in total. The highest BCUT2D eigenvalue weighted by Gasteiger charge is 2.27. The maximum absolute atomic E-state index is 3.78. The molecule has 1 saturated carbocycles. The lowest BCUT2D eigenvalue weighted by Gasteiger charge is -2.36. The van der Waals surface area contributed by atoms with E-state index in [2.05, 4.69) is 34.1 Å². The summed E-state index contributed by atoms with van der Waals surface area (Å²) in [5, 5.41) is 8.29. The van der Waals surface area contributed by atoms with Gasteiger partial charge in [-0.1, -0.05) is 0 Å². The molecule has 18 heavy (non-hydrogen) atoms. The Morgan fingerprint density at radius 2 is 2.22 bits per heavy atom. The Hall–Kier alpha value is -0.380. The molecule has 2 heterocycles. The topological polar surface area (TPSA) is 15.3 Å². The van der Waals surface area contributed by atoms with Crippen molar-refractivity contribution in [1.29, 1.82) is 0 Å². The van der Waals surface area contributed by atoms with Crippen molar-refractivity contribution >= 4 is 11.3 Å². The van der Waals surface area contributed by atoms with Gasteiger partial charge in [-0.05, 0) is 73.5 Å². The third-order valence-electron chi connectivity index (χ3n) is 4.22. The Bertz CT molecular complexity index is 359. The molecule has 100 valence electrons. The second-order valence-electron chi connectivity index (χ2n) is 6.21. The fourth-order valence-corrected chi connectivity index (χ4v) is 3.82. The van der Waals surface area contributed by atoms with E-state index in [-0.39, 0.29) is 0 Å². The monoisotopic (exact) mass is 264 g/mol. The predicted molar refractivity (Wildman–Crippen MR) is 78.1 cm³/mol. The van der Waals surface area contributed by atoms with Crippen LogP contribution in [0, 0.1) is 11.8 Å². The highest BCUT2D eigenvalue weighted by Crippen LogP contribution is 2.28. The molecule has 0 radical (unpaired) electrons. The Morgan fingerprint density at radius 3 is 2.94 bits per heavy atom. The van der Waals surface area contributed by atoms with Crippen molar-refractivity contribution in [3.63, 3.8) is 0 Å². The minimum absolute atomic E-state index is 0.716. The van der Waals surface area contributed by atoms with Crippen LogP contribution in [0.5, 0.6) is 0 Å². The fourth-order valence-electron chi connectivity index (χ4n) is 3.14. The van der Waals surface area contributed by atoms with Crippen LogP contribution in [0.25, 0.3) is 0 Å². The smallest absolute Gasteiger partial charge is 0.0198 e. The minimum atomic E-state index is 0.716. The van der Waals surface area contributed by atoms with Crippen molar-refractivity contribution in [2.45, 2.75) is 31.7 Å². The molecule has 1 aromatic heterocycles. The number of nitrogens with zero attached hydrogens (tertiary/aromatic N) is 1. The van der Waals surface area contributed by atoms with Crippen LogP contribution >= 0.6 is 11.3 Å². The summed E-state index contributed by atoms with van der Waals surface area (Å²) in [5.74, 6) is 1.82. The van der Waals surface area contributed by atoms with Crippen LogP contribution in [0.4, 0.5) is 0 Å². The molecule has 3 rings (SSSR count). The van der Waals surface area contributed by atoms with Gasteiger partial charge in [0.2, 0.25) is 0 Å². The maximum Gasteiger partial charge on any atom is 0.0198 e. The molecule has 3 heteroatoms. The van der Waals surface area contributed by atoms with Crippen molar-refractivity contribution in [1.82, 2.24) is 10.2 Å². The van der Waals surface area contributed by atoms with Crippen LogP contribution in [0.3, 0.4) is 0 Å². The first kappa shape index (κ1) is 12.6. The van der Waals surface area contributed by atoms with Crippen molar-refractivity contribution in [2.75, 3.05) is 26.7 Å². The number of nitrogens with one attached hydrogen (secondary N) is 1. The number of rotatable bonds is 5. The predicted octanol–water partition coefficient (Wildman–Crippen LogP) is 2.61. The molecular weight excluding hydrogens is 240 g/mol. The molecule has 0 amide bonds. The van der Waals surface area contributed by atoms with Gasteiger partial charge in [-0.25, -0.2) is 0 Å². The highest BCUT2D eigenvalue weighted by atomic mass is 32.1. The molecule has 2 fully saturated rings. The van der Waals surface area contributed by atoms with Gasteiger partial charge in [-0.15, -0.1) is 0 Å². The van der Waals surface area contributed by atoms with Crippen LogP contribution < -0.4 is 5.32 Å². The first-order chi connectivity index (χ1) is 8.79. The summed E-state index contributed by atoms with van der Waals surface area (Å²) in [4.78, 5) is 2.51. The zero-order valence-electron chi connectivity index (χ0n) is 11.3. The third kappa shape index (κ3) is 3.56. The van der Waals surface area contributed by atoms with E-state index in [0.29, 0.717) is 6.04 Å². The summed E-state index contributed by atoms with van der Waals surface area (Å²) in [5.41, 5.74) is 1.53. The van der Waals surface area contributed by atoms with E-state index < -0.39 is 0 Å². The molecule has 0 bridgehead atoms. The lowest BCUT2D eigenvalue weighted by Crippen LogP contribution is -2.48. The number of thiophene rings is 1. The number of hydrogen-bond donors (Lipinski definition) is 1. The van der Waals surface area contributed by atoms with Crippen molar-refractivity contribution in [3.8, 4) is 0 Å². The Balaban J connectivity index is 1.50. The third-order valence-corrected chi connectivity index (χ3v) is 4.95. The van der Waals surface area contributed by atoms with E-state index in [4.69, 9.17) is 0 Å². The summed E-state index contributed by atoms with van der Waals surface area (Å²) in [7, 11) is 2.27. The fraction of sp³-hybridized carbons (Fsp3) is 0.733. The van der Waals surface area contributed by atoms with E-state index in [1.165, 1.54) is 50.9 Å². The quantitative estimate of drug-likeness (QED) is 0.879. The summed E-state index contributed by atoms with van der Waals surface area (Å²) in [6.45, 7) is 3.74. The van der Waals surface area contributed by atoms with Gasteiger partial charge in [0.25, 0.3) is 0 Å². The van der Waals surface area contributed by atoms with Gasteiger partial charge in [-0.3, -0.25) is 0 Å². The minimum Gasteiger partial charge on any atom is -0.312 e. The second-order valence-corrected chi connectivity index (χ2v) is 6.99. The molecule has 2 unspecified atom stereocenters. The van der Waals surface area contributed by atoms with Crippen LogP contribution in [-0.2, 0) is 6.42 Å². The first-order valence-corrected chi connectivity index (χ1v) is 8.17. The standard InChI is InChI=1S/C15H24N2S/c1-17-9-14(6-13-4-5-18-11-13)7-15(10-17)16-8-12-2-3-12/h4-5,11-12,14-16H,2-3,6-10H2,1H3. The maximum atomic E-state index is 3.78. The van der Waals surface area contributed by atoms with Gasteiger partial charge in [-0.2, -0.15) is 11.3 Å². The van der Waals surface area contributed by atoms with Gasteiger partial charge < -0.3 is 10.2 Å². The summed E-state index contributed by atoms with van der Waals surface area (Å²) in [6, 6.07) is 3.00. The molecule has 0 aromatic carbocycles. The normalized spacial score (nSPS) is 29.6. The lowest BCUT2D eigenvalue weighted by atomic mass is 9.89. The van der Waals surface area contributed by atoms with Crippen LogP contribution in [0.2, 0.25) is 0 Å². The average Bonchev–Trinajstić information content (AvgIpc) is 3.04. The van der Waals surface area contributed by atoms with Gasteiger partial charge in [0, 0.05) is 19.1 Å². The molecule has 2 aliphatic rings. The molecule has 1 N–H and O–H groups in total. The summed E-state index contributed by atoms with van der Waals surface area (Å²) in [6.07, 6.45) is 5.52. The summed E-state index contributed by atoms with van der Waals surface area (Å²) < 4.78 is 0. The molecule has 1 aliphatic heterocycles. The van der Waals surface area contributed by atoms with Crippen molar-refractivity contribution < 1.29 is 0 Å². The molecule has 0 spiro atoms. The zero-order valence-corrected chi connectivity index (χ0v) is 12.1. The van der Waals surface area contributed by atoms with Gasteiger partial charge in [0.15, 0.2) is 0 Å². The Labute approximate surface area is 114 Å². The average molecular weight is 264 g/mol. The number of likely N-dealkylation sites (N-methyl/N-ethyl adjacent to an activating group) is 1. The second kappa shape index (κ2) is 5.72. The van der Waals surface area contributed by atoms with E-state index >= 15 is 0 Å². The largest absolute Gasteiger partial charge is 0.312 e. The lowest BCUT2D eigenvalue weighted by molar-refractivity contribution is 0.168. The number of likely N-dealkylation sites (tertiary alicyclic amines) is 1. The molecule has 1 aliphatic carbocycles. The van der Waals surface area contributed by atoms with Gasteiger partial charge in [0.1, 0.15) is 0 Å². The molecule has 1 saturated heterocycles. The van der Waals surface area contributed by atoms with E-state index in [9.17, 15) is 0 Å². The SMILES string of the molecule is CN1CC(Cc2ccsc2)CC(NCC2CC2)C1.